The molecule has 3 amide bonds. The smallest absolute Gasteiger partial charge is 0.350 e. The maximum Gasteiger partial charge on any atom is 0.417 e. The first-order valence-corrected chi connectivity index (χ1v) is 10.9. The first-order chi connectivity index (χ1) is 16.2. The zero-order valence-electron chi connectivity index (χ0n) is 17.9. The van der Waals surface area contributed by atoms with E-state index in [4.69, 9.17) is 0 Å². The maximum absolute atomic E-state index is 13.4. The lowest BCUT2D eigenvalue weighted by atomic mass is 10.0. The highest BCUT2D eigenvalue weighted by atomic mass is 19.4. The summed E-state index contributed by atoms with van der Waals surface area (Å²) in [5, 5.41) is 13.6. The summed E-state index contributed by atoms with van der Waals surface area (Å²) in [4.78, 5) is 41.0. The number of anilines is 2. The number of fused-ring (bicyclic) bond motifs is 3. The van der Waals surface area contributed by atoms with E-state index in [9.17, 15) is 27.6 Å². The van der Waals surface area contributed by atoms with E-state index < -0.39 is 35.2 Å². The van der Waals surface area contributed by atoms with Crippen molar-refractivity contribution in [1.82, 2.24) is 20.4 Å². The standard InChI is InChI=1S/C22H21F3N6O3/c23-22(24,25)14-4-2-1-3-13(14)21(34)30-7-8-31-17(11-30)20(33)27-15-9-16(28-29-18(15)31)19(32)26-10-12-5-6-12/h1-4,9,12,17H,5-8,10-11H2,(H,26,32)(H,27,33). The van der Waals surface area contributed by atoms with Gasteiger partial charge in [0.05, 0.1) is 23.4 Å². The summed E-state index contributed by atoms with van der Waals surface area (Å²) in [6.45, 7) is 0.730. The number of carbonyl (C=O) groups excluding carboxylic acids is 3. The molecular formula is C22H21F3N6O3. The molecule has 2 fully saturated rings. The van der Waals surface area contributed by atoms with Crippen LogP contribution in [0.3, 0.4) is 0 Å². The summed E-state index contributed by atoms with van der Waals surface area (Å²) < 4.78 is 40.1. The Morgan fingerprint density at radius 3 is 2.65 bits per heavy atom. The number of rotatable bonds is 4. The van der Waals surface area contributed by atoms with Crippen molar-refractivity contribution in [1.29, 1.82) is 0 Å². The van der Waals surface area contributed by atoms with Crippen molar-refractivity contribution in [3.8, 4) is 0 Å². The van der Waals surface area contributed by atoms with Gasteiger partial charge < -0.3 is 20.4 Å². The van der Waals surface area contributed by atoms with Crippen molar-refractivity contribution in [3.05, 3.63) is 47.2 Å². The normalized spacial score (nSPS) is 19.7. The highest BCUT2D eigenvalue weighted by Crippen LogP contribution is 2.35. The minimum Gasteiger partial charge on any atom is -0.350 e. The van der Waals surface area contributed by atoms with E-state index in [0.29, 0.717) is 24.0 Å². The lowest BCUT2D eigenvalue weighted by Gasteiger charge is -2.44. The first-order valence-electron chi connectivity index (χ1n) is 10.9. The average molecular weight is 474 g/mol. The third-order valence-electron chi connectivity index (χ3n) is 6.22. The van der Waals surface area contributed by atoms with Crippen molar-refractivity contribution in [3.63, 3.8) is 0 Å². The van der Waals surface area contributed by atoms with E-state index in [1.165, 1.54) is 23.1 Å². The van der Waals surface area contributed by atoms with Gasteiger partial charge in [0.2, 0.25) is 5.91 Å². The van der Waals surface area contributed by atoms with Crippen molar-refractivity contribution < 1.29 is 27.6 Å². The number of amides is 3. The van der Waals surface area contributed by atoms with E-state index in [1.54, 1.807) is 4.90 Å². The van der Waals surface area contributed by atoms with E-state index >= 15 is 0 Å². The Morgan fingerprint density at radius 2 is 1.91 bits per heavy atom. The largest absolute Gasteiger partial charge is 0.417 e. The molecule has 178 valence electrons. The number of hydrogen-bond acceptors (Lipinski definition) is 6. The van der Waals surface area contributed by atoms with Crippen LogP contribution in [0.5, 0.6) is 0 Å². The molecule has 12 heteroatoms. The molecule has 1 aliphatic carbocycles. The van der Waals surface area contributed by atoms with Crippen molar-refractivity contribution in [2.45, 2.75) is 25.1 Å². The second kappa shape index (κ2) is 8.26. The van der Waals surface area contributed by atoms with Crippen LogP contribution in [0.2, 0.25) is 0 Å². The zero-order valence-corrected chi connectivity index (χ0v) is 17.9. The predicted molar refractivity (Wildman–Crippen MR) is 114 cm³/mol. The van der Waals surface area contributed by atoms with Crippen LogP contribution in [0.25, 0.3) is 0 Å². The Bertz CT molecular complexity index is 1170. The molecule has 2 aliphatic heterocycles. The van der Waals surface area contributed by atoms with Crippen LogP contribution in [0, 0.1) is 5.92 Å². The minimum atomic E-state index is -4.67. The van der Waals surface area contributed by atoms with Gasteiger partial charge in [-0.05, 0) is 37.0 Å². The third-order valence-corrected chi connectivity index (χ3v) is 6.22. The fraction of sp³-hybridized carbons (Fsp3) is 0.409. The van der Waals surface area contributed by atoms with Crippen LogP contribution in [-0.4, -0.2) is 65.0 Å². The number of benzene rings is 1. The Hall–Kier alpha value is -3.70. The maximum atomic E-state index is 13.4. The Kier molecular flexibility index (Phi) is 5.37. The molecule has 0 radical (unpaired) electrons. The topological polar surface area (TPSA) is 108 Å². The number of alkyl halides is 3. The SMILES string of the molecule is O=C(NCC1CC1)c1cc2c(nn1)N1CCN(C(=O)c3ccccc3C(F)(F)F)CC1C(=O)N2. The molecule has 1 atom stereocenters. The van der Waals surface area contributed by atoms with Crippen LogP contribution < -0.4 is 15.5 Å². The lowest BCUT2D eigenvalue weighted by molar-refractivity contribution is -0.138. The summed E-state index contributed by atoms with van der Waals surface area (Å²) in [5.41, 5.74) is -1.06. The van der Waals surface area contributed by atoms with E-state index in [-0.39, 0.29) is 31.2 Å². The second-order valence-electron chi connectivity index (χ2n) is 8.61. The van der Waals surface area contributed by atoms with Gasteiger partial charge in [-0.15, -0.1) is 10.2 Å². The van der Waals surface area contributed by atoms with Gasteiger partial charge >= 0.3 is 6.18 Å². The molecule has 1 unspecified atom stereocenters. The van der Waals surface area contributed by atoms with Crippen LogP contribution >= 0.6 is 0 Å². The molecule has 1 aromatic heterocycles. The number of hydrogen-bond donors (Lipinski definition) is 2. The highest BCUT2D eigenvalue weighted by molar-refractivity contribution is 6.05. The summed E-state index contributed by atoms with van der Waals surface area (Å²) in [7, 11) is 0. The van der Waals surface area contributed by atoms with Crippen LogP contribution in [-0.2, 0) is 11.0 Å². The molecule has 3 aliphatic rings. The van der Waals surface area contributed by atoms with E-state index in [1.807, 2.05) is 0 Å². The fourth-order valence-electron chi connectivity index (χ4n) is 4.20. The second-order valence-corrected chi connectivity index (χ2v) is 8.61. The molecule has 0 bridgehead atoms. The lowest BCUT2D eigenvalue weighted by Crippen LogP contribution is -2.61. The Morgan fingerprint density at radius 1 is 1.15 bits per heavy atom. The molecule has 0 spiro atoms. The van der Waals surface area contributed by atoms with Gasteiger partial charge in [0.15, 0.2) is 11.5 Å². The third kappa shape index (κ3) is 4.15. The van der Waals surface area contributed by atoms with Crippen molar-refractivity contribution in [2.24, 2.45) is 5.92 Å². The van der Waals surface area contributed by atoms with Gasteiger partial charge in [-0.2, -0.15) is 13.2 Å². The van der Waals surface area contributed by atoms with Crippen LogP contribution in [0.4, 0.5) is 24.7 Å². The quantitative estimate of drug-likeness (QED) is 0.701. The minimum absolute atomic E-state index is 0.0794. The van der Waals surface area contributed by atoms with Crippen molar-refractivity contribution >= 4 is 29.2 Å². The van der Waals surface area contributed by atoms with E-state index in [2.05, 4.69) is 20.8 Å². The molecule has 9 nitrogen and oxygen atoms in total. The summed E-state index contributed by atoms with van der Waals surface area (Å²) in [5.74, 6) is -0.757. The Balaban J connectivity index is 1.33. The van der Waals surface area contributed by atoms with Gasteiger partial charge in [-0.3, -0.25) is 14.4 Å². The zero-order chi connectivity index (χ0) is 24.0. The predicted octanol–water partition coefficient (Wildman–Crippen LogP) is 1.92. The molecule has 1 saturated heterocycles. The number of carbonyl (C=O) groups is 3. The molecule has 3 heterocycles. The monoisotopic (exact) mass is 474 g/mol. The summed E-state index contributed by atoms with van der Waals surface area (Å²) >= 11 is 0. The summed E-state index contributed by atoms with van der Waals surface area (Å²) in [6.07, 6.45) is -2.50. The number of aromatic nitrogens is 2. The van der Waals surface area contributed by atoms with Gasteiger partial charge in [0, 0.05) is 19.6 Å². The highest BCUT2D eigenvalue weighted by Gasteiger charge is 2.42. The molecule has 1 aromatic carbocycles. The fourth-order valence-corrected chi connectivity index (χ4v) is 4.20. The van der Waals surface area contributed by atoms with Crippen molar-refractivity contribution in [2.75, 3.05) is 36.4 Å². The summed E-state index contributed by atoms with van der Waals surface area (Å²) in [6, 6.07) is 5.21. The number of piperazine rings is 1. The molecule has 5 rings (SSSR count). The molecule has 34 heavy (non-hydrogen) atoms. The van der Waals surface area contributed by atoms with Crippen LogP contribution in [0.15, 0.2) is 30.3 Å². The number of nitrogens with one attached hydrogen (secondary N) is 2. The van der Waals surface area contributed by atoms with E-state index in [0.717, 1.165) is 25.0 Å². The molecule has 2 N–H and O–H groups in total. The first kappa shape index (κ1) is 22.1. The number of nitrogens with zero attached hydrogens (tertiary/aromatic N) is 4. The van der Waals surface area contributed by atoms with Gasteiger partial charge in [-0.1, -0.05) is 12.1 Å². The number of halogens is 3. The van der Waals surface area contributed by atoms with Crippen LogP contribution in [0.1, 0.15) is 39.3 Å². The molecule has 2 aromatic rings. The Labute approximate surface area is 192 Å². The molecule has 1 saturated carbocycles. The molecular weight excluding hydrogens is 453 g/mol. The van der Waals surface area contributed by atoms with Gasteiger partial charge in [0.1, 0.15) is 6.04 Å². The van der Waals surface area contributed by atoms with Gasteiger partial charge in [0.25, 0.3) is 11.8 Å². The average Bonchev–Trinajstić information content (AvgIpc) is 3.65. The van der Waals surface area contributed by atoms with Gasteiger partial charge in [-0.25, -0.2) is 0 Å².